The number of anilines is 1. The number of amides is 1. The molecule has 0 unspecified atom stereocenters. The minimum absolute atomic E-state index is 0.180. The lowest BCUT2D eigenvalue weighted by atomic mass is 10.2. The van der Waals surface area contributed by atoms with Gasteiger partial charge in [0.15, 0.2) is 5.17 Å². The fraction of sp³-hybridized carbons (Fsp3) is 0.0500. The first-order valence-electron chi connectivity index (χ1n) is 8.27. The average Bonchev–Trinajstić information content (AvgIpc) is 3.22. The number of carbonyl (C=O) groups excluding carboxylic acids is 1. The Kier molecular flexibility index (Phi) is 5.30. The van der Waals surface area contributed by atoms with Crippen molar-refractivity contribution in [1.82, 2.24) is 4.98 Å². The van der Waals surface area contributed by atoms with Crippen LogP contribution in [0.25, 0.3) is 6.08 Å². The molecule has 2 heterocycles. The maximum Gasteiger partial charge on any atom is 0.271 e. The smallest absolute Gasteiger partial charge is 0.268 e. The number of para-hydroxylation sites is 1. The van der Waals surface area contributed by atoms with Gasteiger partial charge in [-0.15, -0.1) is 11.3 Å². The van der Waals surface area contributed by atoms with Gasteiger partial charge in [0.25, 0.3) is 5.91 Å². The molecule has 0 bridgehead atoms. The zero-order chi connectivity index (χ0) is 19.7. The van der Waals surface area contributed by atoms with E-state index in [9.17, 15) is 9.18 Å². The molecule has 1 aliphatic rings. The van der Waals surface area contributed by atoms with E-state index in [0.29, 0.717) is 20.9 Å². The molecule has 140 valence electrons. The number of thioether (sulfide) groups is 1. The van der Waals surface area contributed by atoms with E-state index in [4.69, 9.17) is 11.6 Å². The van der Waals surface area contributed by atoms with Crippen molar-refractivity contribution in [2.24, 2.45) is 4.99 Å². The van der Waals surface area contributed by atoms with E-state index in [1.54, 1.807) is 6.07 Å². The number of aryl methyl sites for hydroxylation is 1. The number of nitrogens with zero attached hydrogens (tertiary/aromatic N) is 3. The van der Waals surface area contributed by atoms with E-state index in [2.05, 4.69) is 9.98 Å². The first-order valence-corrected chi connectivity index (χ1v) is 10.3. The van der Waals surface area contributed by atoms with Gasteiger partial charge in [0, 0.05) is 10.9 Å². The lowest BCUT2D eigenvalue weighted by Crippen LogP contribution is -2.28. The van der Waals surface area contributed by atoms with Gasteiger partial charge in [-0.2, -0.15) is 4.99 Å². The van der Waals surface area contributed by atoms with Crippen LogP contribution >= 0.6 is 34.7 Å². The number of carbonyl (C=O) groups is 1. The molecule has 0 radical (unpaired) electrons. The Morgan fingerprint density at radius 3 is 2.64 bits per heavy atom. The van der Waals surface area contributed by atoms with Gasteiger partial charge in [-0.3, -0.25) is 9.69 Å². The zero-order valence-corrected chi connectivity index (χ0v) is 17.0. The van der Waals surface area contributed by atoms with Gasteiger partial charge < -0.3 is 0 Å². The minimum Gasteiger partial charge on any atom is -0.268 e. The van der Waals surface area contributed by atoms with Gasteiger partial charge in [0.05, 0.1) is 21.3 Å². The lowest BCUT2D eigenvalue weighted by molar-refractivity contribution is -0.113. The van der Waals surface area contributed by atoms with Gasteiger partial charge >= 0.3 is 0 Å². The molecule has 0 saturated carbocycles. The number of amidine groups is 1. The van der Waals surface area contributed by atoms with E-state index < -0.39 is 5.82 Å². The Morgan fingerprint density at radius 2 is 1.96 bits per heavy atom. The minimum atomic E-state index is -0.486. The summed E-state index contributed by atoms with van der Waals surface area (Å²) in [6.45, 7) is 1.88. The van der Waals surface area contributed by atoms with E-state index >= 15 is 0 Å². The van der Waals surface area contributed by atoms with E-state index in [-0.39, 0.29) is 16.5 Å². The van der Waals surface area contributed by atoms with Crippen LogP contribution in [-0.4, -0.2) is 16.1 Å². The number of thiazole rings is 1. The van der Waals surface area contributed by atoms with Crippen LogP contribution < -0.4 is 4.90 Å². The molecule has 1 aliphatic heterocycles. The van der Waals surface area contributed by atoms with Gasteiger partial charge in [-0.1, -0.05) is 35.9 Å². The summed E-state index contributed by atoms with van der Waals surface area (Å²) in [4.78, 5) is 23.8. The van der Waals surface area contributed by atoms with Crippen molar-refractivity contribution in [2.45, 2.75) is 6.92 Å². The highest BCUT2D eigenvalue weighted by Gasteiger charge is 2.35. The van der Waals surface area contributed by atoms with Crippen LogP contribution in [-0.2, 0) is 4.79 Å². The molecule has 1 saturated heterocycles. The first-order chi connectivity index (χ1) is 13.5. The highest BCUT2D eigenvalue weighted by Crippen LogP contribution is 2.38. The molecule has 1 amide bonds. The van der Waals surface area contributed by atoms with Gasteiger partial charge in [0.2, 0.25) is 5.13 Å². The van der Waals surface area contributed by atoms with Crippen LogP contribution in [0.15, 0.2) is 63.8 Å². The third kappa shape index (κ3) is 3.73. The first kappa shape index (κ1) is 18.9. The SMILES string of the molecule is Cc1csc(/N=C2/S/C(=C\c3c(F)cccc3Cl)C(=O)N2c2ccccc2)n1. The lowest BCUT2D eigenvalue weighted by Gasteiger charge is -2.14. The molecule has 3 aromatic rings. The topological polar surface area (TPSA) is 45.6 Å². The summed E-state index contributed by atoms with van der Waals surface area (Å²) in [6, 6.07) is 13.6. The highest BCUT2D eigenvalue weighted by molar-refractivity contribution is 8.19. The molecule has 4 nitrogen and oxygen atoms in total. The number of rotatable bonds is 3. The predicted molar refractivity (Wildman–Crippen MR) is 115 cm³/mol. The summed E-state index contributed by atoms with van der Waals surface area (Å²) in [6.07, 6.45) is 1.47. The molecule has 4 rings (SSSR count). The predicted octanol–water partition coefficient (Wildman–Crippen LogP) is 6.05. The van der Waals surface area contributed by atoms with Crippen LogP contribution in [0.1, 0.15) is 11.3 Å². The second-order valence-corrected chi connectivity index (χ2v) is 8.14. The maximum absolute atomic E-state index is 14.2. The van der Waals surface area contributed by atoms with Crippen LogP contribution in [0, 0.1) is 12.7 Å². The molecule has 28 heavy (non-hydrogen) atoms. The van der Waals surface area contributed by atoms with Crippen LogP contribution in [0.4, 0.5) is 15.2 Å². The van der Waals surface area contributed by atoms with Crippen LogP contribution in [0.3, 0.4) is 0 Å². The molecule has 0 spiro atoms. The van der Waals surface area contributed by atoms with Crippen molar-refractivity contribution in [3.8, 4) is 0 Å². The molecule has 0 aliphatic carbocycles. The normalized spacial score (nSPS) is 17.1. The van der Waals surface area contributed by atoms with Crippen molar-refractivity contribution >= 4 is 62.7 Å². The third-order valence-corrected chi connectivity index (χ3v) is 6.04. The van der Waals surface area contributed by atoms with Crippen molar-refractivity contribution < 1.29 is 9.18 Å². The Labute approximate surface area is 174 Å². The quantitative estimate of drug-likeness (QED) is 0.476. The molecule has 0 atom stereocenters. The summed E-state index contributed by atoms with van der Waals surface area (Å²) in [5.74, 6) is -0.775. The molecule has 2 aromatic carbocycles. The highest BCUT2D eigenvalue weighted by atomic mass is 35.5. The van der Waals surface area contributed by atoms with E-state index in [0.717, 1.165) is 5.69 Å². The van der Waals surface area contributed by atoms with Gasteiger partial charge in [0.1, 0.15) is 5.82 Å². The molecular formula is C20H13ClFN3OS2. The van der Waals surface area contributed by atoms with Crippen molar-refractivity contribution in [3.05, 3.63) is 80.9 Å². The number of hydrogen-bond donors (Lipinski definition) is 0. The monoisotopic (exact) mass is 429 g/mol. The molecule has 1 aromatic heterocycles. The van der Waals surface area contributed by atoms with Crippen molar-refractivity contribution in [2.75, 3.05) is 4.90 Å². The van der Waals surface area contributed by atoms with Crippen molar-refractivity contribution in [1.29, 1.82) is 0 Å². The Bertz CT molecular complexity index is 1090. The van der Waals surface area contributed by atoms with Crippen molar-refractivity contribution in [3.63, 3.8) is 0 Å². The number of benzene rings is 2. The van der Waals surface area contributed by atoms with E-state index in [1.165, 1.54) is 46.2 Å². The standard InChI is InChI=1S/C20H13ClFN3OS2/c1-12-11-27-19(23-12)24-20-25(13-6-3-2-4-7-13)18(26)17(28-20)10-14-15(21)8-5-9-16(14)22/h2-11H,1H3/b17-10-,24-20+. The summed E-state index contributed by atoms with van der Waals surface area (Å²) in [7, 11) is 0. The number of halogens is 2. The summed E-state index contributed by atoms with van der Waals surface area (Å²) >= 11 is 8.68. The van der Waals surface area contributed by atoms with Crippen LogP contribution in [0.5, 0.6) is 0 Å². The fourth-order valence-electron chi connectivity index (χ4n) is 2.61. The Balaban J connectivity index is 1.80. The molecule has 0 N–H and O–H groups in total. The molecule has 8 heteroatoms. The van der Waals surface area contributed by atoms with Gasteiger partial charge in [-0.05, 0) is 49.0 Å². The largest absolute Gasteiger partial charge is 0.271 e. The maximum atomic E-state index is 14.2. The third-order valence-electron chi connectivity index (χ3n) is 3.89. The van der Waals surface area contributed by atoms with Crippen LogP contribution in [0.2, 0.25) is 5.02 Å². The summed E-state index contributed by atoms with van der Waals surface area (Å²) in [5, 5.41) is 3.15. The second kappa shape index (κ2) is 7.87. The number of aromatic nitrogens is 1. The Morgan fingerprint density at radius 1 is 1.18 bits per heavy atom. The zero-order valence-electron chi connectivity index (χ0n) is 14.6. The summed E-state index contributed by atoms with van der Waals surface area (Å²) in [5.41, 5.74) is 1.72. The number of hydrogen-bond acceptors (Lipinski definition) is 5. The molecular weight excluding hydrogens is 417 g/mol. The Hall–Kier alpha value is -2.48. The fourth-order valence-corrected chi connectivity index (χ4v) is 4.51. The average molecular weight is 430 g/mol. The second-order valence-electron chi connectivity index (χ2n) is 5.89. The van der Waals surface area contributed by atoms with E-state index in [1.807, 2.05) is 42.6 Å². The number of aliphatic imine (C=N–C) groups is 1. The molecule has 1 fully saturated rings. The summed E-state index contributed by atoms with van der Waals surface area (Å²) < 4.78 is 14.2. The van der Waals surface area contributed by atoms with Gasteiger partial charge in [-0.25, -0.2) is 9.37 Å².